The Hall–Kier alpha value is -0.540. The Bertz CT molecular complexity index is 386. The molecule has 0 aromatic heterocycles. The Kier molecular flexibility index (Phi) is 4.10. The minimum atomic E-state index is 0.0851. The van der Waals surface area contributed by atoms with Gasteiger partial charge in [0, 0.05) is 29.8 Å². The molecule has 1 saturated carbocycles. The van der Waals surface area contributed by atoms with Crippen LogP contribution in [0.1, 0.15) is 37.8 Å². The van der Waals surface area contributed by atoms with Crippen LogP contribution in [-0.2, 0) is 0 Å². The molecule has 0 heterocycles. The van der Waals surface area contributed by atoms with Crippen LogP contribution >= 0.6 is 15.9 Å². The third-order valence-corrected chi connectivity index (χ3v) is 4.14. The molecule has 0 amide bonds. The van der Waals surface area contributed by atoms with Crippen LogP contribution in [0.3, 0.4) is 0 Å². The van der Waals surface area contributed by atoms with Gasteiger partial charge in [0.25, 0.3) is 0 Å². The molecule has 1 aromatic rings. The second-order valence-corrected chi connectivity index (χ2v) is 6.08. The molecule has 0 aliphatic heterocycles. The van der Waals surface area contributed by atoms with E-state index in [1.54, 1.807) is 0 Å². The molecule has 2 rings (SSSR count). The van der Waals surface area contributed by atoms with Crippen LogP contribution in [-0.4, -0.2) is 13.6 Å². The van der Waals surface area contributed by atoms with Gasteiger partial charge < -0.3 is 10.6 Å². The minimum absolute atomic E-state index is 0.0851. The minimum Gasteiger partial charge on any atom is -0.374 e. The highest BCUT2D eigenvalue weighted by Crippen LogP contribution is 2.32. The maximum absolute atomic E-state index is 6.04. The van der Waals surface area contributed by atoms with Crippen molar-refractivity contribution in [1.82, 2.24) is 0 Å². The Morgan fingerprint density at radius 1 is 1.47 bits per heavy atom. The summed E-state index contributed by atoms with van der Waals surface area (Å²) in [6.45, 7) is 3.19. The van der Waals surface area contributed by atoms with Crippen LogP contribution < -0.4 is 10.6 Å². The fraction of sp³-hybridized carbons (Fsp3) is 0.571. The number of hydrogen-bond donors (Lipinski definition) is 1. The summed E-state index contributed by atoms with van der Waals surface area (Å²) in [5.41, 5.74) is 8.53. The van der Waals surface area contributed by atoms with Crippen LogP contribution in [0, 0.1) is 5.92 Å². The van der Waals surface area contributed by atoms with Crippen LogP contribution in [0.2, 0.25) is 0 Å². The molecule has 1 aliphatic rings. The standard InChI is InChI=1S/C14H21BrN2/c1-10(16)13-7-6-12(15)8-14(13)17(2)9-11-4-3-5-11/h6-8,10-11H,3-5,9,16H2,1-2H3. The lowest BCUT2D eigenvalue weighted by atomic mass is 9.85. The molecular weight excluding hydrogens is 276 g/mol. The first-order valence-corrected chi connectivity index (χ1v) is 7.13. The van der Waals surface area contributed by atoms with Crippen LogP contribution in [0.25, 0.3) is 0 Å². The van der Waals surface area contributed by atoms with Gasteiger partial charge in [0.05, 0.1) is 0 Å². The van der Waals surface area contributed by atoms with Crippen molar-refractivity contribution < 1.29 is 0 Å². The average Bonchev–Trinajstić information content (AvgIpc) is 2.22. The number of rotatable bonds is 4. The predicted octanol–water partition coefficient (Wildman–Crippen LogP) is 3.71. The van der Waals surface area contributed by atoms with Gasteiger partial charge >= 0.3 is 0 Å². The van der Waals surface area contributed by atoms with E-state index in [9.17, 15) is 0 Å². The fourth-order valence-corrected chi connectivity index (χ4v) is 2.74. The summed E-state index contributed by atoms with van der Waals surface area (Å²) in [5.74, 6) is 0.875. The SMILES string of the molecule is CC(N)c1ccc(Br)cc1N(C)CC1CCC1. The summed E-state index contributed by atoms with van der Waals surface area (Å²) in [4.78, 5) is 2.35. The van der Waals surface area contributed by atoms with Gasteiger partial charge in [-0.2, -0.15) is 0 Å². The summed E-state index contributed by atoms with van der Waals surface area (Å²) in [6, 6.07) is 6.46. The third kappa shape index (κ3) is 3.02. The zero-order valence-corrected chi connectivity index (χ0v) is 12.2. The second kappa shape index (κ2) is 5.40. The van der Waals surface area contributed by atoms with Gasteiger partial charge in [0.2, 0.25) is 0 Å². The first-order valence-electron chi connectivity index (χ1n) is 6.34. The summed E-state index contributed by atoms with van der Waals surface area (Å²) in [6.07, 6.45) is 4.16. The largest absolute Gasteiger partial charge is 0.374 e. The zero-order chi connectivity index (χ0) is 12.4. The number of benzene rings is 1. The molecule has 94 valence electrons. The van der Waals surface area contributed by atoms with E-state index >= 15 is 0 Å². The molecule has 1 fully saturated rings. The number of halogens is 1. The summed E-state index contributed by atoms with van der Waals surface area (Å²) in [7, 11) is 2.17. The van der Waals surface area contributed by atoms with Gasteiger partial charge in [-0.05, 0) is 43.4 Å². The average molecular weight is 297 g/mol. The molecule has 1 unspecified atom stereocenters. The molecule has 0 bridgehead atoms. The second-order valence-electron chi connectivity index (χ2n) is 5.17. The van der Waals surface area contributed by atoms with E-state index in [4.69, 9.17) is 5.73 Å². The van der Waals surface area contributed by atoms with E-state index in [0.29, 0.717) is 0 Å². The van der Waals surface area contributed by atoms with Gasteiger partial charge in [-0.15, -0.1) is 0 Å². The molecule has 0 radical (unpaired) electrons. The first-order chi connectivity index (χ1) is 8.08. The lowest BCUT2D eigenvalue weighted by molar-refractivity contribution is 0.321. The maximum atomic E-state index is 6.04. The Balaban J connectivity index is 2.18. The van der Waals surface area contributed by atoms with Crippen molar-refractivity contribution in [2.75, 3.05) is 18.5 Å². The lowest BCUT2D eigenvalue weighted by Gasteiger charge is -2.32. The Morgan fingerprint density at radius 3 is 2.71 bits per heavy atom. The summed E-state index contributed by atoms with van der Waals surface area (Å²) < 4.78 is 1.12. The van der Waals surface area contributed by atoms with Gasteiger partial charge in [0.15, 0.2) is 0 Å². The number of nitrogens with two attached hydrogens (primary N) is 1. The monoisotopic (exact) mass is 296 g/mol. The Morgan fingerprint density at radius 2 is 2.18 bits per heavy atom. The maximum Gasteiger partial charge on any atom is 0.0423 e. The van der Waals surface area contributed by atoms with Crippen molar-refractivity contribution in [2.45, 2.75) is 32.2 Å². The van der Waals surface area contributed by atoms with Crippen LogP contribution in [0.15, 0.2) is 22.7 Å². The number of anilines is 1. The Labute approximate surface area is 112 Å². The molecule has 3 heteroatoms. The van der Waals surface area contributed by atoms with Crippen molar-refractivity contribution in [3.8, 4) is 0 Å². The first kappa shape index (κ1) is 12.9. The van der Waals surface area contributed by atoms with E-state index in [2.05, 4.69) is 46.1 Å². The van der Waals surface area contributed by atoms with Crippen LogP contribution in [0.5, 0.6) is 0 Å². The van der Waals surface area contributed by atoms with E-state index in [1.807, 2.05) is 6.92 Å². The summed E-state index contributed by atoms with van der Waals surface area (Å²) in [5, 5.41) is 0. The lowest BCUT2D eigenvalue weighted by Crippen LogP contribution is -2.30. The van der Waals surface area contributed by atoms with E-state index < -0.39 is 0 Å². The van der Waals surface area contributed by atoms with Crippen molar-refractivity contribution in [3.05, 3.63) is 28.2 Å². The highest BCUT2D eigenvalue weighted by molar-refractivity contribution is 9.10. The molecule has 0 spiro atoms. The smallest absolute Gasteiger partial charge is 0.0423 e. The molecule has 1 aromatic carbocycles. The van der Waals surface area contributed by atoms with Crippen LogP contribution in [0.4, 0.5) is 5.69 Å². The van der Waals surface area contributed by atoms with Crippen molar-refractivity contribution in [2.24, 2.45) is 11.7 Å². The van der Waals surface area contributed by atoms with Gasteiger partial charge in [-0.25, -0.2) is 0 Å². The van der Waals surface area contributed by atoms with Crippen molar-refractivity contribution >= 4 is 21.6 Å². The third-order valence-electron chi connectivity index (χ3n) is 3.65. The zero-order valence-electron chi connectivity index (χ0n) is 10.6. The molecule has 1 aliphatic carbocycles. The highest BCUT2D eigenvalue weighted by Gasteiger charge is 2.20. The molecule has 17 heavy (non-hydrogen) atoms. The van der Waals surface area contributed by atoms with E-state index in [1.165, 1.54) is 30.5 Å². The predicted molar refractivity (Wildman–Crippen MR) is 77.4 cm³/mol. The topological polar surface area (TPSA) is 29.3 Å². The quantitative estimate of drug-likeness (QED) is 0.918. The fourth-order valence-electron chi connectivity index (χ4n) is 2.39. The van der Waals surface area contributed by atoms with E-state index in [-0.39, 0.29) is 6.04 Å². The molecule has 2 N–H and O–H groups in total. The molecule has 0 saturated heterocycles. The molecule has 2 nitrogen and oxygen atoms in total. The van der Waals surface area contributed by atoms with E-state index in [0.717, 1.165) is 16.9 Å². The molecule has 1 atom stereocenters. The normalized spacial score (nSPS) is 17.6. The number of hydrogen-bond acceptors (Lipinski definition) is 2. The van der Waals surface area contributed by atoms with Crippen molar-refractivity contribution in [1.29, 1.82) is 0 Å². The van der Waals surface area contributed by atoms with Gasteiger partial charge in [0.1, 0.15) is 0 Å². The molecular formula is C14H21BrN2. The summed E-state index contributed by atoms with van der Waals surface area (Å²) >= 11 is 3.54. The number of nitrogens with zero attached hydrogens (tertiary/aromatic N) is 1. The van der Waals surface area contributed by atoms with Gasteiger partial charge in [-0.1, -0.05) is 28.4 Å². The highest BCUT2D eigenvalue weighted by atomic mass is 79.9. The van der Waals surface area contributed by atoms with Gasteiger partial charge in [-0.3, -0.25) is 0 Å². The van der Waals surface area contributed by atoms with Crippen molar-refractivity contribution in [3.63, 3.8) is 0 Å².